The summed E-state index contributed by atoms with van der Waals surface area (Å²) in [5.74, 6) is 0. The zero-order valence-corrected chi connectivity index (χ0v) is 9.51. The Morgan fingerprint density at radius 3 is 2.75 bits per heavy atom. The number of aryl methyl sites for hydroxylation is 2. The van der Waals surface area contributed by atoms with Gasteiger partial charge < -0.3 is 0 Å². The van der Waals surface area contributed by atoms with Crippen LogP contribution in [0.1, 0.15) is 5.69 Å². The van der Waals surface area contributed by atoms with E-state index in [9.17, 15) is 0 Å². The first-order chi connectivity index (χ1) is 5.29. The molecule has 0 unspecified atom stereocenters. The van der Waals surface area contributed by atoms with Crippen LogP contribution >= 0.6 is 0 Å². The van der Waals surface area contributed by atoms with Crippen molar-refractivity contribution in [3.8, 4) is 0 Å². The minimum absolute atomic E-state index is 0. The molecule has 0 amide bonds. The van der Waals surface area contributed by atoms with Crippen molar-refractivity contribution in [3.05, 3.63) is 36.4 Å². The second-order valence-electron chi connectivity index (χ2n) is 2.80. The van der Waals surface area contributed by atoms with Gasteiger partial charge in [-0.3, -0.25) is 4.57 Å². The van der Waals surface area contributed by atoms with E-state index in [0.717, 1.165) is 0 Å². The van der Waals surface area contributed by atoms with E-state index < -0.39 is 0 Å². The van der Waals surface area contributed by atoms with Crippen molar-refractivity contribution in [2.75, 3.05) is 0 Å². The SMILES string of the molecule is Cc1c2ccccn2[cH+]n1C.[Ir]. The predicted molar refractivity (Wildman–Crippen MR) is 45.5 cm³/mol. The molecule has 2 aromatic heterocycles. The third-order valence-electron chi connectivity index (χ3n) is 2.09. The fraction of sp³-hybridized carbons (Fsp3) is 0.222. The summed E-state index contributed by atoms with van der Waals surface area (Å²) in [6.07, 6.45) is 4.13. The Morgan fingerprint density at radius 1 is 1.33 bits per heavy atom. The summed E-state index contributed by atoms with van der Waals surface area (Å²) < 4.78 is 4.24. The average molecular weight is 339 g/mol. The molecule has 0 aromatic carbocycles. The van der Waals surface area contributed by atoms with E-state index in [-0.39, 0.29) is 20.1 Å². The number of aromatic nitrogens is 2. The maximum atomic E-state index is 2.12. The number of imidazole rings is 1. The Bertz CT molecular complexity index is 392. The Labute approximate surface area is 85.2 Å². The van der Waals surface area contributed by atoms with Crippen LogP contribution < -0.4 is 0 Å². The summed E-state index contributed by atoms with van der Waals surface area (Å²) in [6.45, 7) is 2.12. The van der Waals surface area contributed by atoms with E-state index in [2.05, 4.69) is 47.6 Å². The van der Waals surface area contributed by atoms with Gasteiger partial charge in [0.25, 0.3) is 0 Å². The molecular weight excluding hydrogens is 328 g/mol. The van der Waals surface area contributed by atoms with Crippen molar-refractivity contribution in [2.24, 2.45) is 7.05 Å². The van der Waals surface area contributed by atoms with Crippen LogP contribution in [-0.2, 0) is 27.2 Å². The molecule has 0 bridgehead atoms. The Kier molecular flexibility index (Phi) is 2.65. The van der Waals surface area contributed by atoms with Gasteiger partial charge in [0, 0.05) is 40.1 Å². The van der Waals surface area contributed by atoms with Crippen molar-refractivity contribution in [2.45, 2.75) is 6.92 Å². The normalized spacial score (nSPS) is 9.83. The van der Waals surface area contributed by atoms with Crippen molar-refractivity contribution in [1.82, 2.24) is 8.97 Å². The number of hydrogen-bond donors (Lipinski definition) is 0. The topological polar surface area (TPSA) is 9.34 Å². The molecule has 12 heavy (non-hydrogen) atoms. The third kappa shape index (κ3) is 1.30. The van der Waals surface area contributed by atoms with Crippen molar-refractivity contribution >= 4 is 5.52 Å². The van der Waals surface area contributed by atoms with E-state index in [1.54, 1.807) is 0 Å². The van der Waals surface area contributed by atoms with Crippen molar-refractivity contribution < 1.29 is 20.1 Å². The summed E-state index contributed by atoms with van der Waals surface area (Å²) in [6, 6.07) is 6.21. The first-order valence-electron chi connectivity index (χ1n) is 3.71. The van der Waals surface area contributed by atoms with Gasteiger partial charge >= 0.3 is 0 Å². The van der Waals surface area contributed by atoms with Gasteiger partial charge in [0.15, 0.2) is 11.8 Å². The maximum absolute atomic E-state index is 2.12. The molecule has 0 fully saturated rings. The second-order valence-corrected chi connectivity index (χ2v) is 2.80. The molecule has 0 saturated carbocycles. The quantitative estimate of drug-likeness (QED) is 0.648. The molecule has 0 spiro atoms. The average Bonchev–Trinajstić information content (AvgIpc) is 2.30. The molecule has 3 heteroatoms. The first kappa shape index (κ1) is 9.43. The number of rotatable bonds is 0. The van der Waals surface area contributed by atoms with E-state index in [4.69, 9.17) is 0 Å². The number of fused-ring (bicyclic) bond motifs is 1. The molecule has 2 rings (SSSR count). The van der Waals surface area contributed by atoms with Crippen LogP contribution in [0.3, 0.4) is 0 Å². The van der Waals surface area contributed by atoms with Gasteiger partial charge in [-0.05, 0) is 12.1 Å². The van der Waals surface area contributed by atoms with E-state index in [0.29, 0.717) is 0 Å². The zero-order chi connectivity index (χ0) is 7.84. The van der Waals surface area contributed by atoms with Gasteiger partial charge in [-0.1, -0.05) is 0 Å². The molecule has 0 atom stereocenters. The van der Waals surface area contributed by atoms with Gasteiger partial charge in [-0.2, -0.15) is 4.40 Å². The minimum atomic E-state index is 0. The summed E-state index contributed by atoms with van der Waals surface area (Å²) in [7, 11) is 2.06. The Hall–Kier alpha value is -0.661. The van der Waals surface area contributed by atoms with Gasteiger partial charge in [0.05, 0.1) is 6.20 Å². The molecule has 1 radical (unpaired) electrons. The minimum Gasteiger partial charge on any atom is -0.252 e. The molecule has 0 aliphatic carbocycles. The van der Waals surface area contributed by atoms with E-state index in [1.807, 2.05) is 6.07 Å². The summed E-state index contributed by atoms with van der Waals surface area (Å²) in [5, 5.41) is 0. The van der Waals surface area contributed by atoms with Crippen molar-refractivity contribution in [3.63, 3.8) is 0 Å². The van der Waals surface area contributed by atoms with Crippen LogP contribution in [0.2, 0.25) is 0 Å². The molecule has 65 valence electrons. The fourth-order valence-corrected chi connectivity index (χ4v) is 1.32. The van der Waals surface area contributed by atoms with Crippen LogP contribution in [0.15, 0.2) is 30.7 Å². The van der Waals surface area contributed by atoms with Gasteiger partial charge in [-0.25, -0.2) is 0 Å². The van der Waals surface area contributed by atoms with Crippen LogP contribution in [0, 0.1) is 6.92 Å². The van der Waals surface area contributed by atoms with Gasteiger partial charge in [-0.15, -0.1) is 0 Å². The predicted octanol–water partition coefficient (Wildman–Crippen LogP) is 1.86. The number of hydrogen-bond acceptors (Lipinski definition) is 0. The molecule has 2 nitrogen and oxygen atoms in total. The largest absolute Gasteiger partial charge is 0.252 e. The van der Waals surface area contributed by atoms with Crippen molar-refractivity contribution in [1.29, 1.82) is 0 Å². The molecule has 2 aromatic rings. The van der Waals surface area contributed by atoms with E-state index in [1.165, 1.54) is 11.2 Å². The summed E-state index contributed by atoms with van der Waals surface area (Å²) >= 11 is 0. The second kappa shape index (κ2) is 3.38. The third-order valence-corrected chi connectivity index (χ3v) is 2.09. The van der Waals surface area contributed by atoms with Crippen LogP contribution in [0.5, 0.6) is 0 Å². The molecule has 0 saturated heterocycles. The summed E-state index contributed by atoms with van der Waals surface area (Å²) in [5.41, 5.74) is 2.57. The van der Waals surface area contributed by atoms with Gasteiger partial charge in [0.2, 0.25) is 0 Å². The maximum Gasteiger partial charge on any atom is 0.185 e. The molecular formula is C9H11IrN2+. The number of nitrogens with zero attached hydrogens (tertiary/aromatic N) is 2. The van der Waals surface area contributed by atoms with E-state index >= 15 is 0 Å². The monoisotopic (exact) mass is 340 g/mol. The molecule has 0 aliphatic rings. The smallest absolute Gasteiger partial charge is 0.185 e. The summed E-state index contributed by atoms with van der Waals surface area (Å²) in [4.78, 5) is 0. The molecule has 0 N–H and O–H groups in total. The molecule has 0 aliphatic heterocycles. The fourth-order valence-electron chi connectivity index (χ4n) is 1.32. The van der Waals surface area contributed by atoms with Crippen LogP contribution in [-0.4, -0.2) is 8.97 Å². The first-order valence-corrected chi connectivity index (χ1v) is 3.71. The Morgan fingerprint density at radius 2 is 2.08 bits per heavy atom. The van der Waals surface area contributed by atoms with Crippen LogP contribution in [0.25, 0.3) is 5.52 Å². The molecule has 2 heterocycles. The van der Waals surface area contributed by atoms with Crippen LogP contribution in [0.4, 0.5) is 0 Å². The Balaban J connectivity index is 0.000000720. The number of pyridine rings is 1. The van der Waals surface area contributed by atoms with Gasteiger partial charge in [0.1, 0.15) is 5.69 Å². The standard InChI is InChI=1S/C9H11N2.Ir/c1-8-9-5-3-4-6-11(9)7-10(8)2;/h3-7H,1-2H3;/q+1;. The zero-order valence-electron chi connectivity index (χ0n) is 7.11.